The van der Waals surface area contributed by atoms with Crippen LogP contribution in [0.4, 0.5) is 0 Å². The molecule has 1 saturated carbocycles. The number of rotatable bonds is 3. The fourth-order valence-corrected chi connectivity index (χ4v) is 0.830. The van der Waals surface area contributed by atoms with Gasteiger partial charge in [-0.2, -0.15) is 0 Å². The van der Waals surface area contributed by atoms with Crippen LogP contribution >= 0.6 is 0 Å². The molecule has 1 rings (SSSR count). The molecule has 1 aliphatic rings. The van der Waals surface area contributed by atoms with Crippen molar-refractivity contribution in [2.45, 2.75) is 12.8 Å². The van der Waals surface area contributed by atoms with Gasteiger partial charge < -0.3 is 5.73 Å². The molecule has 3 N–H and O–H groups in total. The molecule has 5 nitrogen and oxygen atoms in total. The summed E-state index contributed by atoms with van der Waals surface area (Å²) in [5.74, 6) is 0.0789. The van der Waals surface area contributed by atoms with E-state index >= 15 is 0 Å². The Morgan fingerprint density at radius 3 is 2.55 bits per heavy atom. The lowest BCUT2D eigenvalue weighted by molar-refractivity contribution is -0.415. The molecule has 1 fully saturated rings. The molecular formula is C6H9N3O2. The minimum absolute atomic E-state index is 0.0671. The van der Waals surface area contributed by atoms with E-state index in [1.165, 1.54) is 0 Å². The first-order chi connectivity index (χ1) is 5.16. The average molecular weight is 155 g/mol. The van der Waals surface area contributed by atoms with Gasteiger partial charge >= 0.3 is 5.70 Å². The summed E-state index contributed by atoms with van der Waals surface area (Å²) in [6, 6.07) is 0. The Labute approximate surface area is 63.5 Å². The van der Waals surface area contributed by atoms with Gasteiger partial charge in [0.1, 0.15) is 5.71 Å². The highest BCUT2D eigenvalue weighted by Crippen LogP contribution is 2.32. The highest BCUT2D eigenvalue weighted by molar-refractivity contribution is 5.98. The summed E-state index contributed by atoms with van der Waals surface area (Å²) in [6.45, 7) is 0. The number of nitrogens with two attached hydrogens (primary N) is 1. The molecule has 60 valence electrons. The Morgan fingerprint density at radius 1 is 1.73 bits per heavy atom. The summed E-state index contributed by atoms with van der Waals surface area (Å²) in [6.07, 6.45) is 2.65. The van der Waals surface area contributed by atoms with Crippen LogP contribution in [-0.2, 0) is 0 Å². The molecule has 0 atom stereocenters. The van der Waals surface area contributed by atoms with Crippen LogP contribution in [-0.4, -0.2) is 10.6 Å². The molecule has 0 heterocycles. The molecule has 11 heavy (non-hydrogen) atoms. The predicted molar refractivity (Wildman–Crippen MR) is 39.7 cm³/mol. The molecule has 0 aliphatic heterocycles. The molecule has 1 aliphatic carbocycles. The summed E-state index contributed by atoms with van der Waals surface area (Å²) in [5, 5.41) is 17.5. The molecular weight excluding hydrogens is 146 g/mol. The van der Waals surface area contributed by atoms with Crippen molar-refractivity contribution in [3.63, 3.8) is 0 Å². The highest BCUT2D eigenvalue weighted by Gasteiger charge is 2.33. The zero-order valence-electron chi connectivity index (χ0n) is 5.91. The van der Waals surface area contributed by atoms with Crippen molar-refractivity contribution in [3.05, 3.63) is 22.0 Å². The maximum Gasteiger partial charge on any atom is 0.305 e. The third kappa shape index (κ3) is 1.54. The van der Waals surface area contributed by atoms with Crippen LogP contribution in [0.25, 0.3) is 0 Å². The van der Waals surface area contributed by atoms with Gasteiger partial charge in [0.2, 0.25) is 0 Å². The van der Waals surface area contributed by atoms with Gasteiger partial charge in [0.25, 0.3) is 0 Å². The van der Waals surface area contributed by atoms with Crippen molar-refractivity contribution >= 4 is 5.71 Å². The topological polar surface area (TPSA) is 93.0 Å². The van der Waals surface area contributed by atoms with E-state index in [-0.39, 0.29) is 17.3 Å². The summed E-state index contributed by atoms with van der Waals surface area (Å²) in [5.41, 5.74) is 4.81. The zero-order chi connectivity index (χ0) is 8.43. The quantitative estimate of drug-likeness (QED) is 0.353. The van der Waals surface area contributed by atoms with Crippen LogP contribution in [0, 0.1) is 21.4 Å². The number of hydrogen-bond donors (Lipinski definition) is 2. The second-order valence-corrected chi connectivity index (χ2v) is 2.50. The summed E-state index contributed by atoms with van der Waals surface area (Å²) < 4.78 is 0. The standard InChI is InChI=1S/C6H9N3O2/c7-3-5(9(10)11)6(8)4-1-2-4/h3-4,8H,1-2,7H2/b5-3+,8-6?. The summed E-state index contributed by atoms with van der Waals surface area (Å²) in [4.78, 5) is 9.61. The first kappa shape index (κ1) is 7.71. The lowest BCUT2D eigenvalue weighted by atomic mass is 10.2. The van der Waals surface area contributed by atoms with Gasteiger partial charge in [-0.1, -0.05) is 0 Å². The van der Waals surface area contributed by atoms with E-state index in [4.69, 9.17) is 11.1 Å². The van der Waals surface area contributed by atoms with Crippen molar-refractivity contribution in [2.24, 2.45) is 11.7 Å². The second-order valence-electron chi connectivity index (χ2n) is 2.50. The third-order valence-electron chi connectivity index (χ3n) is 1.62. The number of nitrogens with zero attached hydrogens (tertiary/aromatic N) is 1. The van der Waals surface area contributed by atoms with Crippen molar-refractivity contribution in [3.8, 4) is 0 Å². The van der Waals surface area contributed by atoms with Gasteiger partial charge in [-0.25, -0.2) is 0 Å². The van der Waals surface area contributed by atoms with Crippen LogP contribution in [0.2, 0.25) is 0 Å². The summed E-state index contributed by atoms with van der Waals surface area (Å²) >= 11 is 0. The molecule has 0 bridgehead atoms. The Bertz CT molecular complexity index is 230. The van der Waals surface area contributed by atoms with Crippen LogP contribution < -0.4 is 5.73 Å². The lowest BCUT2D eigenvalue weighted by Gasteiger charge is -1.95. The zero-order valence-corrected chi connectivity index (χ0v) is 5.91. The molecule has 0 aromatic carbocycles. The normalized spacial score (nSPS) is 18.0. The van der Waals surface area contributed by atoms with Gasteiger partial charge in [-0.3, -0.25) is 15.5 Å². The molecule has 0 saturated heterocycles. The van der Waals surface area contributed by atoms with Crippen LogP contribution in [0.3, 0.4) is 0 Å². The first-order valence-electron chi connectivity index (χ1n) is 3.32. The minimum Gasteiger partial charge on any atom is -0.399 e. The molecule has 0 unspecified atom stereocenters. The van der Waals surface area contributed by atoms with Gasteiger partial charge in [0.15, 0.2) is 0 Å². The number of hydrogen-bond acceptors (Lipinski definition) is 4. The Morgan fingerprint density at radius 2 is 2.27 bits per heavy atom. The number of allylic oxidation sites excluding steroid dienone is 1. The van der Waals surface area contributed by atoms with Gasteiger partial charge in [-0.05, 0) is 12.8 Å². The SMILES string of the molecule is N=C(/C(=C\N)[N+](=O)[O-])C1CC1. The second kappa shape index (κ2) is 2.69. The van der Waals surface area contributed by atoms with Crippen LogP contribution in [0.5, 0.6) is 0 Å². The third-order valence-corrected chi connectivity index (χ3v) is 1.62. The van der Waals surface area contributed by atoms with Crippen molar-refractivity contribution in [2.75, 3.05) is 0 Å². The van der Waals surface area contributed by atoms with Crippen molar-refractivity contribution in [1.82, 2.24) is 0 Å². The van der Waals surface area contributed by atoms with Gasteiger partial charge in [-0.15, -0.1) is 0 Å². The molecule has 0 aromatic rings. The van der Waals surface area contributed by atoms with E-state index < -0.39 is 4.92 Å². The smallest absolute Gasteiger partial charge is 0.305 e. The van der Waals surface area contributed by atoms with Crippen LogP contribution in [0.15, 0.2) is 11.9 Å². The molecule has 0 radical (unpaired) electrons. The number of nitro groups is 1. The predicted octanol–water partition coefficient (Wildman–Crippen LogP) is 0.493. The maximum absolute atomic E-state index is 10.2. The molecule has 0 amide bonds. The van der Waals surface area contributed by atoms with E-state index in [0.29, 0.717) is 0 Å². The monoisotopic (exact) mass is 155 g/mol. The molecule has 0 spiro atoms. The fraction of sp³-hybridized carbons (Fsp3) is 0.500. The number of nitrogens with one attached hydrogen (secondary N) is 1. The van der Waals surface area contributed by atoms with Crippen molar-refractivity contribution in [1.29, 1.82) is 5.41 Å². The molecule has 0 aromatic heterocycles. The van der Waals surface area contributed by atoms with E-state index in [0.717, 1.165) is 19.0 Å². The Hall–Kier alpha value is -1.39. The van der Waals surface area contributed by atoms with E-state index in [1.54, 1.807) is 0 Å². The van der Waals surface area contributed by atoms with E-state index in [2.05, 4.69) is 0 Å². The van der Waals surface area contributed by atoms with Gasteiger partial charge in [0.05, 0.1) is 11.1 Å². The van der Waals surface area contributed by atoms with E-state index in [1.807, 2.05) is 0 Å². The lowest BCUT2D eigenvalue weighted by Crippen LogP contribution is -2.13. The Balaban J connectivity index is 2.69. The first-order valence-corrected chi connectivity index (χ1v) is 3.32. The Kier molecular flexibility index (Phi) is 1.89. The van der Waals surface area contributed by atoms with E-state index in [9.17, 15) is 10.1 Å². The average Bonchev–Trinajstić information content (AvgIpc) is 2.68. The summed E-state index contributed by atoms with van der Waals surface area (Å²) in [7, 11) is 0. The van der Waals surface area contributed by atoms with Crippen LogP contribution in [0.1, 0.15) is 12.8 Å². The van der Waals surface area contributed by atoms with Gasteiger partial charge in [0, 0.05) is 5.92 Å². The maximum atomic E-state index is 10.2. The fourth-order valence-electron chi connectivity index (χ4n) is 0.830. The van der Waals surface area contributed by atoms with Crippen molar-refractivity contribution < 1.29 is 4.92 Å². The minimum atomic E-state index is -0.610. The molecule has 5 heteroatoms. The largest absolute Gasteiger partial charge is 0.399 e. The highest BCUT2D eigenvalue weighted by atomic mass is 16.6.